The highest BCUT2D eigenvalue weighted by Gasteiger charge is 2.31. The largest absolute Gasteiger partial charge is 0.478 e. The van der Waals surface area contributed by atoms with Crippen LogP contribution in [0.3, 0.4) is 0 Å². The molecular formula is C25H25ClF2N6O2. The summed E-state index contributed by atoms with van der Waals surface area (Å²) in [7, 11) is 0. The van der Waals surface area contributed by atoms with Crippen LogP contribution in [0.15, 0.2) is 36.5 Å². The molecule has 2 aromatic carbocycles. The van der Waals surface area contributed by atoms with Gasteiger partial charge in [-0.25, -0.2) is 18.7 Å². The first-order valence-electron chi connectivity index (χ1n) is 11.7. The lowest BCUT2D eigenvalue weighted by molar-refractivity contribution is -0.121. The molecule has 36 heavy (non-hydrogen) atoms. The minimum Gasteiger partial charge on any atom is -0.478 e. The summed E-state index contributed by atoms with van der Waals surface area (Å²) >= 11 is 6.37. The van der Waals surface area contributed by atoms with E-state index in [1.54, 1.807) is 18.2 Å². The van der Waals surface area contributed by atoms with Gasteiger partial charge < -0.3 is 25.2 Å². The third-order valence-electron chi connectivity index (χ3n) is 6.09. The standard InChI is InChI=1S/C25H25ClF2N6O2/c1-14(2)34-21-10-15(9-19(28)24(21)36-13-22(34)35)23-17(26)12-30-25(32-23)31-16-3-4-20(18(27)11-16)33-7-5-29-6-8-33/h3-4,9-12,14,29H,5-8,13H2,1-2H3,(H,30,31,32). The second-order valence-corrected chi connectivity index (χ2v) is 9.28. The maximum absolute atomic E-state index is 15.0. The van der Waals surface area contributed by atoms with Gasteiger partial charge in [-0.05, 0) is 44.2 Å². The van der Waals surface area contributed by atoms with Crippen LogP contribution in [-0.2, 0) is 4.79 Å². The highest BCUT2D eigenvalue weighted by atomic mass is 35.5. The minimum absolute atomic E-state index is 0.00984. The Bertz CT molecular complexity index is 1320. The first kappa shape index (κ1) is 24.2. The predicted octanol–water partition coefficient (Wildman–Crippen LogP) is 4.36. The van der Waals surface area contributed by atoms with Gasteiger partial charge in [0.15, 0.2) is 18.2 Å². The molecule has 5 rings (SSSR count). The molecule has 2 aliphatic heterocycles. The Morgan fingerprint density at radius 1 is 1.11 bits per heavy atom. The summed E-state index contributed by atoms with van der Waals surface area (Å²) in [5, 5.41) is 6.43. The summed E-state index contributed by atoms with van der Waals surface area (Å²) in [6.07, 6.45) is 1.39. The van der Waals surface area contributed by atoms with E-state index in [4.69, 9.17) is 16.3 Å². The molecule has 0 radical (unpaired) electrons. The van der Waals surface area contributed by atoms with Crippen molar-refractivity contribution in [3.05, 3.63) is 53.2 Å². The smallest absolute Gasteiger partial charge is 0.265 e. The summed E-state index contributed by atoms with van der Waals surface area (Å²) in [6, 6.07) is 7.53. The molecular weight excluding hydrogens is 490 g/mol. The van der Waals surface area contributed by atoms with Gasteiger partial charge in [0.1, 0.15) is 5.82 Å². The average molecular weight is 515 g/mol. The number of nitrogens with one attached hydrogen (secondary N) is 2. The number of hydrogen-bond acceptors (Lipinski definition) is 7. The molecule has 2 N–H and O–H groups in total. The molecule has 8 nitrogen and oxygen atoms in total. The molecule has 0 aliphatic carbocycles. The zero-order valence-corrected chi connectivity index (χ0v) is 20.6. The number of fused-ring (bicyclic) bond motifs is 1. The van der Waals surface area contributed by atoms with E-state index in [2.05, 4.69) is 20.6 Å². The van der Waals surface area contributed by atoms with Crippen LogP contribution in [0.25, 0.3) is 11.3 Å². The van der Waals surface area contributed by atoms with Crippen molar-refractivity contribution < 1.29 is 18.3 Å². The fraction of sp³-hybridized carbons (Fsp3) is 0.320. The molecule has 0 unspecified atom stereocenters. The number of carbonyl (C=O) groups is 1. The van der Waals surface area contributed by atoms with Gasteiger partial charge in [-0.2, -0.15) is 0 Å². The first-order valence-corrected chi connectivity index (χ1v) is 12.0. The summed E-state index contributed by atoms with van der Waals surface area (Å²) in [6.45, 7) is 6.52. The molecule has 188 valence electrons. The highest BCUT2D eigenvalue weighted by molar-refractivity contribution is 6.33. The SMILES string of the molecule is CC(C)N1C(=O)COc2c(F)cc(-c3nc(Nc4ccc(N5CCNCC5)c(F)c4)ncc3Cl)cc21. The van der Waals surface area contributed by atoms with Crippen LogP contribution in [0.5, 0.6) is 5.75 Å². The monoisotopic (exact) mass is 514 g/mol. The van der Waals surface area contributed by atoms with Gasteiger partial charge in [0.25, 0.3) is 5.91 Å². The van der Waals surface area contributed by atoms with Crippen molar-refractivity contribution in [2.75, 3.05) is 47.9 Å². The maximum Gasteiger partial charge on any atom is 0.265 e. The lowest BCUT2D eigenvalue weighted by Crippen LogP contribution is -2.43. The number of carbonyl (C=O) groups excluding carboxylic acids is 1. The number of halogens is 3. The Labute approximate surface area is 212 Å². The van der Waals surface area contributed by atoms with Gasteiger partial charge >= 0.3 is 0 Å². The van der Waals surface area contributed by atoms with E-state index in [1.807, 2.05) is 18.7 Å². The quantitative estimate of drug-likeness (QED) is 0.523. The van der Waals surface area contributed by atoms with Crippen molar-refractivity contribution in [3.63, 3.8) is 0 Å². The molecule has 3 aromatic rings. The summed E-state index contributed by atoms with van der Waals surface area (Å²) in [5.41, 5.74) is 1.92. The van der Waals surface area contributed by atoms with Crippen molar-refractivity contribution in [2.24, 2.45) is 0 Å². The van der Waals surface area contributed by atoms with E-state index < -0.39 is 5.82 Å². The molecule has 1 fully saturated rings. The van der Waals surface area contributed by atoms with Crippen molar-refractivity contribution in [2.45, 2.75) is 19.9 Å². The van der Waals surface area contributed by atoms with Crippen molar-refractivity contribution in [1.29, 1.82) is 0 Å². The van der Waals surface area contributed by atoms with E-state index in [9.17, 15) is 13.6 Å². The van der Waals surface area contributed by atoms with E-state index in [0.29, 0.717) is 22.6 Å². The normalized spacial score (nSPS) is 15.7. The van der Waals surface area contributed by atoms with Crippen LogP contribution in [0.1, 0.15) is 13.8 Å². The Balaban J connectivity index is 1.45. The van der Waals surface area contributed by atoms with Crippen molar-refractivity contribution in [1.82, 2.24) is 15.3 Å². The van der Waals surface area contributed by atoms with Gasteiger partial charge in [-0.3, -0.25) is 4.79 Å². The number of rotatable bonds is 5. The van der Waals surface area contributed by atoms with E-state index >= 15 is 0 Å². The van der Waals surface area contributed by atoms with Crippen molar-refractivity contribution >= 4 is 40.5 Å². The highest BCUT2D eigenvalue weighted by Crippen LogP contribution is 2.40. The van der Waals surface area contributed by atoms with Gasteiger partial charge in [0.2, 0.25) is 5.95 Å². The fourth-order valence-electron chi connectivity index (χ4n) is 4.45. The zero-order valence-electron chi connectivity index (χ0n) is 19.8. The van der Waals surface area contributed by atoms with Crippen LogP contribution in [0, 0.1) is 11.6 Å². The number of benzene rings is 2. The maximum atomic E-state index is 15.0. The lowest BCUT2D eigenvalue weighted by atomic mass is 10.1. The molecule has 0 spiro atoms. The second-order valence-electron chi connectivity index (χ2n) is 8.87. The molecule has 3 heterocycles. The number of aromatic nitrogens is 2. The fourth-order valence-corrected chi connectivity index (χ4v) is 4.65. The third kappa shape index (κ3) is 4.66. The predicted molar refractivity (Wildman–Crippen MR) is 135 cm³/mol. The molecule has 0 atom stereocenters. The Morgan fingerprint density at radius 2 is 1.89 bits per heavy atom. The topological polar surface area (TPSA) is 82.6 Å². The summed E-state index contributed by atoms with van der Waals surface area (Å²) < 4.78 is 35.2. The molecule has 2 aliphatic rings. The Kier molecular flexibility index (Phi) is 6.63. The Hall–Kier alpha value is -3.50. The van der Waals surface area contributed by atoms with Gasteiger partial charge in [-0.15, -0.1) is 0 Å². The third-order valence-corrected chi connectivity index (χ3v) is 6.36. The van der Waals surface area contributed by atoms with E-state index in [0.717, 1.165) is 26.2 Å². The zero-order chi connectivity index (χ0) is 25.4. The molecule has 1 aromatic heterocycles. The minimum atomic E-state index is -0.629. The van der Waals surface area contributed by atoms with Crippen LogP contribution in [-0.4, -0.2) is 54.7 Å². The van der Waals surface area contributed by atoms with E-state index in [1.165, 1.54) is 23.2 Å². The molecule has 11 heteroatoms. The number of ether oxygens (including phenoxy) is 1. The van der Waals surface area contributed by atoms with Gasteiger partial charge in [-0.1, -0.05) is 11.6 Å². The average Bonchev–Trinajstić information content (AvgIpc) is 2.85. The lowest BCUT2D eigenvalue weighted by Gasteiger charge is -2.33. The number of nitrogens with zero attached hydrogens (tertiary/aromatic N) is 4. The second kappa shape index (κ2) is 9.87. The van der Waals surface area contributed by atoms with Gasteiger partial charge in [0, 0.05) is 43.5 Å². The molecule has 0 saturated carbocycles. The summed E-state index contributed by atoms with van der Waals surface area (Å²) in [4.78, 5) is 24.5. The van der Waals surface area contributed by atoms with Gasteiger partial charge in [0.05, 0.1) is 28.3 Å². The molecule has 0 bridgehead atoms. The van der Waals surface area contributed by atoms with Crippen LogP contribution < -0.4 is 25.2 Å². The number of hydrogen-bond donors (Lipinski definition) is 2. The van der Waals surface area contributed by atoms with E-state index in [-0.39, 0.29) is 46.8 Å². The van der Waals surface area contributed by atoms with Crippen LogP contribution in [0.2, 0.25) is 5.02 Å². The van der Waals surface area contributed by atoms with Crippen LogP contribution in [0.4, 0.5) is 31.8 Å². The molecule has 1 saturated heterocycles. The van der Waals surface area contributed by atoms with Crippen LogP contribution >= 0.6 is 11.6 Å². The molecule has 1 amide bonds. The van der Waals surface area contributed by atoms with Crippen molar-refractivity contribution in [3.8, 4) is 17.0 Å². The summed E-state index contributed by atoms with van der Waals surface area (Å²) in [5.74, 6) is -1.08. The number of amides is 1. The number of piperazine rings is 1. The first-order chi connectivity index (χ1) is 17.3. The Morgan fingerprint density at radius 3 is 2.61 bits per heavy atom. The number of anilines is 4.